The minimum atomic E-state index is -0.561. The van der Waals surface area contributed by atoms with E-state index in [9.17, 15) is 9.59 Å². The molecule has 1 atom stereocenters. The molecule has 0 saturated heterocycles. The van der Waals surface area contributed by atoms with Crippen molar-refractivity contribution in [1.29, 1.82) is 0 Å². The normalized spacial score (nSPS) is 11.9. The summed E-state index contributed by atoms with van der Waals surface area (Å²) in [6.45, 7) is 4.36. The fraction of sp³-hybridized carbons (Fsp3) is 0.778. The molecule has 76 valence electrons. The zero-order chi connectivity index (χ0) is 10.3. The van der Waals surface area contributed by atoms with Crippen molar-refractivity contribution in [2.24, 2.45) is 5.92 Å². The molecule has 4 heteroatoms. The van der Waals surface area contributed by atoms with E-state index < -0.39 is 11.9 Å². The number of carbonyl (C=O) groups is 2. The van der Waals surface area contributed by atoms with Gasteiger partial charge in [0, 0.05) is 0 Å². The highest BCUT2D eigenvalue weighted by atomic mass is 16.5. The summed E-state index contributed by atoms with van der Waals surface area (Å²) in [6.07, 6.45) is 0.651. The van der Waals surface area contributed by atoms with Crippen LogP contribution in [0.5, 0.6) is 0 Å². The Morgan fingerprint density at radius 1 is 1.31 bits per heavy atom. The SMILES string of the molecule is CCC(C)COC(=O)CC(=O)OC. The highest BCUT2D eigenvalue weighted by molar-refractivity contribution is 5.91. The topological polar surface area (TPSA) is 52.6 Å². The molecule has 0 aromatic carbocycles. The maximum Gasteiger partial charge on any atom is 0.317 e. The molecule has 0 fully saturated rings. The summed E-state index contributed by atoms with van der Waals surface area (Å²) < 4.78 is 9.14. The molecule has 0 amide bonds. The van der Waals surface area contributed by atoms with Gasteiger partial charge in [0.05, 0.1) is 13.7 Å². The molecular formula is C9H16O4. The largest absolute Gasteiger partial charge is 0.469 e. The summed E-state index contributed by atoms with van der Waals surface area (Å²) in [7, 11) is 1.24. The molecule has 0 saturated carbocycles. The Hall–Kier alpha value is -1.06. The van der Waals surface area contributed by atoms with E-state index in [0.717, 1.165) is 6.42 Å². The lowest BCUT2D eigenvalue weighted by molar-refractivity contribution is -0.153. The average Bonchev–Trinajstić information content (AvgIpc) is 2.13. The molecule has 1 unspecified atom stereocenters. The van der Waals surface area contributed by atoms with Crippen molar-refractivity contribution < 1.29 is 19.1 Å². The number of rotatable bonds is 5. The van der Waals surface area contributed by atoms with E-state index in [1.54, 1.807) is 0 Å². The number of esters is 2. The summed E-state index contributed by atoms with van der Waals surface area (Å²) >= 11 is 0. The number of carbonyl (C=O) groups excluding carboxylic acids is 2. The van der Waals surface area contributed by atoms with Gasteiger partial charge in [-0.2, -0.15) is 0 Å². The maximum absolute atomic E-state index is 10.9. The molecule has 0 aliphatic carbocycles. The molecule has 4 nitrogen and oxygen atoms in total. The van der Waals surface area contributed by atoms with Crippen LogP contribution in [0.25, 0.3) is 0 Å². The fourth-order valence-corrected chi connectivity index (χ4v) is 0.594. The van der Waals surface area contributed by atoms with Crippen LogP contribution >= 0.6 is 0 Å². The van der Waals surface area contributed by atoms with Crippen molar-refractivity contribution in [3.05, 3.63) is 0 Å². The van der Waals surface area contributed by atoms with Gasteiger partial charge in [0.2, 0.25) is 0 Å². The van der Waals surface area contributed by atoms with Crippen LogP contribution in [-0.2, 0) is 19.1 Å². The van der Waals surface area contributed by atoms with Crippen molar-refractivity contribution >= 4 is 11.9 Å². The average molecular weight is 188 g/mol. The van der Waals surface area contributed by atoms with Crippen molar-refractivity contribution in [3.8, 4) is 0 Å². The molecule has 0 spiro atoms. The second kappa shape index (κ2) is 6.46. The van der Waals surface area contributed by atoms with Crippen LogP contribution in [0.2, 0.25) is 0 Å². The molecule has 13 heavy (non-hydrogen) atoms. The minimum absolute atomic E-state index is 0.299. The van der Waals surface area contributed by atoms with E-state index in [2.05, 4.69) is 4.74 Å². The van der Waals surface area contributed by atoms with Crippen LogP contribution in [0.15, 0.2) is 0 Å². The fourth-order valence-electron chi connectivity index (χ4n) is 0.594. The van der Waals surface area contributed by atoms with Gasteiger partial charge in [-0.05, 0) is 5.92 Å². The molecule has 0 rings (SSSR count). The Bertz CT molecular complexity index is 176. The molecule has 0 bridgehead atoms. The first-order chi connectivity index (χ1) is 6.10. The van der Waals surface area contributed by atoms with Crippen molar-refractivity contribution in [1.82, 2.24) is 0 Å². The molecule has 0 aliphatic heterocycles. The lowest BCUT2D eigenvalue weighted by Crippen LogP contribution is -2.15. The van der Waals surface area contributed by atoms with Crippen LogP contribution in [0.1, 0.15) is 26.7 Å². The summed E-state index contributed by atoms with van der Waals surface area (Å²) in [5.41, 5.74) is 0. The van der Waals surface area contributed by atoms with Gasteiger partial charge in [-0.25, -0.2) is 0 Å². The summed E-state index contributed by atoms with van der Waals surface area (Å²) in [5, 5.41) is 0. The van der Waals surface area contributed by atoms with Gasteiger partial charge < -0.3 is 9.47 Å². The van der Waals surface area contributed by atoms with Gasteiger partial charge in [-0.15, -0.1) is 0 Å². The van der Waals surface area contributed by atoms with Gasteiger partial charge in [0.15, 0.2) is 0 Å². The first kappa shape index (κ1) is 11.9. The summed E-state index contributed by atoms with van der Waals surface area (Å²) in [4.78, 5) is 21.5. The third-order valence-corrected chi connectivity index (χ3v) is 1.74. The van der Waals surface area contributed by atoms with E-state index in [-0.39, 0.29) is 6.42 Å². The quantitative estimate of drug-likeness (QED) is 0.479. The maximum atomic E-state index is 10.9. The van der Waals surface area contributed by atoms with Gasteiger partial charge in [-0.1, -0.05) is 20.3 Å². The Balaban J connectivity index is 3.57. The molecule has 0 radical (unpaired) electrons. The Morgan fingerprint density at radius 3 is 2.38 bits per heavy atom. The number of hydrogen-bond donors (Lipinski definition) is 0. The molecule has 0 aliphatic rings. The third kappa shape index (κ3) is 6.13. The lowest BCUT2D eigenvalue weighted by Gasteiger charge is -2.08. The molecule has 0 aromatic rings. The first-order valence-electron chi connectivity index (χ1n) is 4.32. The smallest absolute Gasteiger partial charge is 0.317 e. The second-order valence-corrected chi connectivity index (χ2v) is 2.95. The van der Waals surface area contributed by atoms with Crippen molar-refractivity contribution in [2.75, 3.05) is 13.7 Å². The lowest BCUT2D eigenvalue weighted by atomic mass is 10.1. The van der Waals surface area contributed by atoms with Gasteiger partial charge in [0.25, 0.3) is 0 Å². The van der Waals surface area contributed by atoms with Crippen LogP contribution in [0, 0.1) is 5.92 Å². The Labute approximate surface area is 78.2 Å². The Morgan fingerprint density at radius 2 is 1.92 bits per heavy atom. The summed E-state index contributed by atoms with van der Waals surface area (Å²) in [6, 6.07) is 0. The van der Waals surface area contributed by atoms with E-state index in [1.165, 1.54) is 7.11 Å². The predicted molar refractivity (Wildman–Crippen MR) is 47.0 cm³/mol. The zero-order valence-electron chi connectivity index (χ0n) is 8.33. The second-order valence-electron chi connectivity index (χ2n) is 2.95. The number of methoxy groups -OCH3 is 1. The minimum Gasteiger partial charge on any atom is -0.469 e. The van der Waals surface area contributed by atoms with E-state index in [1.807, 2.05) is 13.8 Å². The van der Waals surface area contributed by atoms with E-state index >= 15 is 0 Å². The van der Waals surface area contributed by atoms with Gasteiger partial charge in [0.1, 0.15) is 6.42 Å². The highest BCUT2D eigenvalue weighted by Gasteiger charge is 2.11. The van der Waals surface area contributed by atoms with Crippen LogP contribution < -0.4 is 0 Å². The van der Waals surface area contributed by atoms with E-state index in [4.69, 9.17) is 4.74 Å². The highest BCUT2D eigenvalue weighted by Crippen LogP contribution is 2.01. The third-order valence-electron chi connectivity index (χ3n) is 1.74. The number of ether oxygens (including phenoxy) is 2. The Kier molecular flexibility index (Phi) is 5.93. The van der Waals surface area contributed by atoms with Crippen LogP contribution in [-0.4, -0.2) is 25.7 Å². The standard InChI is InChI=1S/C9H16O4/c1-4-7(2)6-13-9(11)5-8(10)12-3/h7H,4-6H2,1-3H3. The monoisotopic (exact) mass is 188 g/mol. The molecule has 0 N–H and O–H groups in total. The predicted octanol–water partition coefficient (Wildman–Crippen LogP) is 1.14. The zero-order valence-corrected chi connectivity index (χ0v) is 8.33. The van der Waals surface area contributed by atoms with Gasteiger partial charge >= 0.3 is 11.9 Å². The number of hydrogen-bond acceptors (Lipinski definition) is 4. The van der Waals surface area contributed by atoms with E-state index in [0.29, 0.717) is 12.5 Å². The van der Waals surface area contributed by atoms with Crippen molar-refractivity contribution in [2.45, 2.75) is 26.7 Å². The first-order valence-corrected chi connectivity index (χ1v) is 4.32. The van der Waals surface area contributed by atoms with Crippen LogP contribution in [0.3, 0.4) is 0 Å². The van der Waals surface area contributed by atoms with Crippen molar-refractivity contribution in [3.63, 3.8) is 0 Å². The van der Waals surface area contributed by atoms with Crippen LogP contribution in [0.4, 0.5) is 0 Å². The molecular weight excluding hydrogens is 172 g/mol. The molecule has 0 heterocycles. The summed E-state index contributed by atoms with van der Waals surface area (Å²) in [5.74, 6) is -0.747. The van der Waals surface area contributed by atoms with Gasteiger partial charge in [-0.3, -0.25) is 9.59 Å². The molecule has 0 aromatic heterocycles.